The van der Waals surface area contributed by atoms with Gasteiger partial charge in [0.05, 0.1) is 112 Å². The van der Waals surface area contributed by atoms with E-state index in [2.05, 4.69) is 37.1 Å². The van der Waals surface area contributed by atoms with E-state index in [-0.39, 0.29) is 0 Å². The predicted octanol–water partition coefficient (Wildman–Crippen LogP) is 5.14. The summed E-state index contributed by atoms with van der Waals surface area (Å²) in [5, 5.41) is 0. The van der Waals surface area contributed by atoms with Gasteiger partial charge in [-0.15, -0.1) is 6.42 Å². The van der Waals surface area contributed by atoms with Crippen LogP contribution in [0.25, 0.3) is 0 Å². The SMILES string of the molecule is C#CCOCCOCCOCCOCCOCCOCCOCCOCCOCCOc1ccc(CCCCCCCCC)cc1. The molecule has 0 spiro atoms. The lowest BCUT2D eigenvalue weighted by Crippen LogP contribution is -2.15. The molecule has 46 heavy (non-hydrogen) atoms. The third-order valence-electron chi connectivity index (χ3n) is 6.65. The van der Waals surface area contributed by atoms with Crippen LogP contribution >= 0.6 is 0 Å². The fraction of sp³-hybridized carbons (Fsp3) is 0.778. The summed E-state index contributed by atoms with van der Waals surface area (Å²) in [4.78, 5) is 0. The number of terminal acetylenes is 1. The van der Waals surface area contributed by atoms with E-state index >= 15 is 0 Å². The highest BCUT2D eigenvalue weighted by Crippen LogP contribution is 2.15. The van der Waals surface area contributed by atoms with Crippen molar-refractivity contribution in [3.8, 4) is 18.1 Å². The first kappa shape index (κ1) is 42.2. The topological polar surface area (TPSA) is 92.3 Å². The maximum Gasteiger partial charge on any atom is 0.119 e. The molecule has 1 aromatic rings. The molecule has 0 aliphatic carbocycles. The highest BCUT2D eigenvalue weighted by molar-refractivity contribution is 5.27. The summed E-state index contributed by atoms with van der Waals surface area (Å²) in [5.41, 5.74) is 1.38. The second-order valence-electron chi connectivity index (χ2n) is 10.5. The van der Waals surface area contributed by atoms with Gasteiger partial charge in [-0.1, -0.05) is 63.5 Å². The van der Waals surface area contributed by atoms with Crippen LogP contribution in [0.1, 0.15) is 57.4 Å². The smallest absolute Gasteiger partial charge is 0.119 e. The van der Waals surface area contributed by atoms with E-state index in [0.29, 0.717) is 126 Å². The summed E-state index contributed by atoms with van der Waals surface area (Å²) in [5.74, 6) is 3.29. The van der Waals surface area contributed by atoms with Gasteiger partial charge in [0.1, 0.15) is 19.0 Å². The van der Waals surface area contributed by atoms with E-state index < -0.39 is 0 Å². The molecule has 0 unspecified atom stereocenters. The average molecular weight is 655 g/mol. The van der Waals surface area contributed by atoms with Gasteiger partial charge >= 0.3 is 0 Å². The van der Waals surface area contributed by atoms with E-state index in [1.54, 1.807) is 0 Å². The van der Waals surface area contributed by atoms with Crippen molar-refractivity contribution >= 4 is 0 Å². The Balaban J connectivity index is 1.71. The molecule has 0 heterocycles. The van der Waals surface area contributed by atoms with Gasteiger partial charge in [-0.3, -0.25) is 0 Å². The molecule has 0 saturated carbocycles. The van der Waals surface area contributed by atoms with E-state index in [1.165, 1.54) is 50.5 Å². The normalized spacial score (nSPS) is 11.2. The number of hydrogen-bond acceptors (Lipinski definition) is 10. The lowest BCUT2D eigenvalue weighted by Gasteiger charge is -2.09. The summed E-state index contributed by atoms with van der Waals surface area (Å²) < 4.78 is 54.7. The average Bonchev–Trinajstić information content (AvgIpc) is 3.07. The molecule has 0 atom stereocenters. The van der Waals surface area contributed by atoms with Gasteiger partial charge in [0.2, 0.25) is 0 Å². The molecule has 0 saturated heterocycles. The summed E-state index contributed by atoms with van der Waals surface area (Å²) in [6, 6.07) is 8.45. The molecule has 1 rings (SSSR count). The summed E-state index contributed by atoms with van der Waals surface area (Å²) >= 11 is 0. The zero-order valence-electron chi connectivity index (χ0n) is 28.6. The molecular formula is C36H62O10. The van der Waals surface area contributed by atoms with Gasteiger partial charge in [-0.25, -0.2) is 0 Å². The Morgan fingerprint density at radius 2 is 0.783 bits per heavy atom. The molecule has 10 nitrogen and oxygen atoms in total. The lowest BCUT2D eigenvalue weighted by molar-refractivity contribution is -0.0249. The highest BCUT2D eigenvalue weighted by atomic mass is 16.6. The van der Waals surface area contributed by atoms with Crippen molar-refractivity contribution < 1.29 is 47.4 Å². The Morgan fingerprint density at radius 1 is 0.435 bits per heavy atom. The van der Waals surface area contributed by atoms with Gasteiger partial charge in [0.15, 0.2) is 0 Å². The van der Waals surface area contributed by atoms with Crippen molar-refractivity contribution in [2.45, 2.75) is 58.3 Å². The monoisotopic (exact) mass is 654 g/mol. The molecule has 0 aromatic heterocycles. The number of unbranched alkanes of at least 4 members (excludes halogenated alkanes) is 6. The molecule has 0 N–H and O–H groups in total. The van der Waals surface area contributed by atoms with Crippen LogP contribution in [-0.4, -0.2) is 126 Å². The van der Waals surface area contributed by atoms with Crippen LogP contribution in [0.3, 0.4) is 0 Å². The van der Waals surface area contributed by atoms with Crippen LogP contribution in [0, 0.1) is 12.3 Å². The van der Waals surface area contributed by atoms with Gasteiger partial charge in [-0.2, -0.15) is 0 Å². The first-order valence-corrected chi connectivity index (χ1v) is 17.2. The highest BCUT2D eigenvalue weighted by Gasteiger charge is 1.99. The number of aryl methyl sites for hydroxylation is 1. The van der Waals surface area contributed by atoms with Crippen LogP contribution in [0.5, 0.6) is 5.75 Å². The molecule has 0 aliphatic heterocycles. The van der Waals surface area contributed by atoms with Gasteiger partial charge in [-0.05, 0) is 30.5 Å². The molecule has 266 valence electrons. The zero-order valence-corrected chi connectivity index (χ0v) is 28.6. The first-order chi connectivity index (χ1) is 22.9. The third-order valence-corrected chi connectivity index (χ3v) is 6.65. The lowest BCUT2D eigenvalue weighted by atomic mass is 10.0. The molecule has 10 heteroatoms. The minimum Gasteiger partial charge on any atom is -0.491 e. The Morgan fingerprint density at radius 3 is 1.17 bits per heavy atom. The van der Waals surface area contributed by atoms with E-state index in [1.807, 2.05) is 0 Å². The molecule has 0 bridgehead atoms. The minimum atomic E-state index is 0.311. The van der Waals surface area contributed by atoms with Crippen molar-refractivity contribution in [1.29, 1.82) is 0 Å². The van der Waals surface area contributed by atoms with Crippen molar-refractivity contribution in [2.75, 3.05) is 126 Å². The first-order valence-electron chi connectivity index (χ1n) is 17.2. The molecule has 0 amide bonds. The molecule has 0 aliphatic rings. The van der Waals surface area contributed by atoms with Crippen molar-refractivity contribution in [1.82, 2.24) is 0 Å². The van der Waals surface area contributed by atoms with E-state index in [4.69, 9.17) is 53.8 Å². The Hall–Kier alpha value is -1.78. The maximum absolute atomic E-state index is 5.78. The van der Waals surface area contributed by atoms with Crippen LogP contribution in [-0.2, 0) is 49.1 Å². The quantitative estimate of drug-likeness (QED) is 0.0710. The second kappa shape index (κ2) is 36.1. The van der Waals surface area contributed by atoms with Crippen LogP contribution < -0.4 is 4.74 Å². The van der Waals surface area contributed by atoms with Crippen LogP contribution in [0.2, 0.25) is 0 Å². The van der Waals surface area contributed by atoms with Crippen molar-refractivity contribution in [2.24, 2.45) is 0 Å². The molecule has 0 fully saturated rings. The number of benzene rings is 1. The summed E-state index contributed by atoms with van der Waals surface area (Å²) in [6.07, 6.45) is 15.6. The van der Waals surface area contributed by atoms with Crippen LogP contribution in [0.4, 0.5) is 0 Å². The summed E-state index contributed by atoms with van der Waals surface area (Å²) in [6.45, 7) is 11.9. The van der Waals surface area contributed by atoms with E-state index in [9.17, 15) is 0 Å². The third kappa shape index (κ3) is 30.9. The maximum atomic E-state index is 5.78. The van der Waals surface area contributed by atoms with Gasteiger partial charge in [0, 0.05) is 0 Å². The van der Waals surface area contributed by atoms with E-state index in [0.717, 1.165) is 12.2 Å². The Labute approximate surface area is 279 Å². The van der Waals surface area contributed by atoms with Gasteiger partial charge < -0.3 is 47.4 Å². The number of rotatable bonds is 37. The molecular weight excluding hydrogens is 592 g/mol. The predicted molar refractivity (Wildman–Crippen MR) is 180 cm³/mol. The Bertz CT molecular complexity index is 771. The van der Waals surface area contributed by atoms with Crippen molar-refractivity contribution in [3.63, 3.8) is 0 Å². The molecule has 1 aromatic carbocycles. The summed E-state index contributed by atoms with van der Waals surface area (Å²) in [7, 11) is 0. The standard InChI is InChI=1S/C36H62O10/c1-3-5-6-7-8-9-10-11-35-12-14-36(15-13-35)46-34-33-45-32-31-44-30-29-43-28-27-42-26-25-41-24-23-40-22-21-39-20-19-38-18-17-37-16-4-2/h2,12-15H,3,5-11,16-34H2,1H3. The number of hydrogen-bond donors (Lipinski definition) is 0. The Kier molecular flexibility index (Phi) is 33.1. The van der Waals surface area contributed by atoms with Crippen LogP contribution in [0.15, 0.2) is 24.3 Å². The fourth-order valence-electron chi connectivity index (χ4n) is 4.15. The zero-order chi connectivity index (χ0) is 32.9. The number of ether oxygens (including phenoxy) is 10. The fourth-order valence-corrected chi connectivity index (χ4v) is 4.15. The van der Waals surface area contributed by atoms with Gasteiger partial charge in [0.25, 0.3) is 0 Å². The minimum absolute atomic E-state index is 0.311. The second-order valence-corrected chi connectivity index (χ2v) is 10.5. The van der Waals surface area contributed by atoms with Crippen molar-refractivity contribution in [3.05, 3.63) is 29.8 Å². The largest absolute Gasteiger partial charge is 0.491 e. The molecule has 0 radical (unpaired) electrons.